The first-order chi connectivity index (χ1) is 7.08. The molecule has 0 aliphatic carbocycles. The van der Waals surface area contributed by atoms with Crippen LogP contribution in [-0.2, 0) is 32.3 Å². The number of fused-ring (bicyclic) bond motifs is 1. The third kappa shape index (κ3) is 4.12. The van der Waals surface area contributed by atoms with E-state index >= 15 is 0 Å². The monoisotopic (exact) mass is 409 g/mol. The minimum Gasteiger partial charge on any atom is -0.358 e. The number of aryl methyl sites for hydroxylation is 2. The predicted octanol–water partition coefficient (Wildman–Crippen LogP) is 5.27. The molecule has 18 heavy (non-hydrogen) atoms. The number of rotatable bonds is 2. The van der Waals surface area contributed by atoms with Gasteiger partial charge in [-0.3, -0.25) is 0 Å². The SMILES string of the molecule is Cc1cc2cc[c-](CC(C)C)c2cc1C.[CH3-].[CH3-].[Hf]. The minimum atomic E-state index is 0. The van der Waals surface area contributed by atoms with Crippen molar-refractivity contribution in [1.29, 1.82) is 0 Å². The van der Waals surface area contributed by atoms with E-state index < -0.39 is 0 Å². The van der Waals surface area contributed by atoms with Crippen molar-refractivity contribution in [2.75, 3.05) is 0 Å². The molecule has 0 unspecified atom stereocenters. The van der Waals surface area contributed by atoms with Crippen LogP contribution in [0.4, 0.5) is 0 Å². The van der Waals surface area contributed by atoms with E-state index in [0.29, 0.717) is 0 Å². The van der Waals surface area contributed by atoms with Crippen LogP contribution in [-0.4, -0.2) is 0 Å². The third-order valence-corrected chi connectivity index (χ3v) is 3.10. The van der Waals surface area contributed by atoms with Crippen LogP contribution in [0.3, 0.4) is 0 Å². The Morgan fingerprint density at radius 3 is 2.17 bits per heavy atom. The number of hydrogen-bond donors (Lipinski definition) is 0. The van der Waals surface area contributed by atoms with Gasteiger partial charge in [0, 0.05) is 25.8 Å². The first kappa shape index (κ1) is 20.0. The van der Waals surface area contributed by atoms with Crippen molar-refractivity contribution in [3.8, 4) is 0 Å². The zero-order chi connectivity index (χ0) is 11.0. The van der Waals surface area contributed by atoms with E-state index in [-0.39, 0.29) is 40.7 Å². The molecule has 2 rings (SSSR count). The van der Waals surface area contributed by atoms with E-state index in [2.05, 4.69) is 52.0 Å². The summed E-state index contributed by atoms with van der Waals surface area (Å²) in [5.41, 5.74) is 4.30. The fraction of sp³-hybridized carbons (Fsp3) is 0.353. The fourth-order valence-corrected chi connectivity index (χ4v) is 2.15. The summed E-state index contributed by atoms with van der Waals surface area (Å²) >= 11 is 0. The molecule has 100 valence electrons. The molecule has 0 fully saturated rings. The topological polar surface area (TPSA) is 0 Å². The van der Waals surface area contributed by atoms with Gasteiger partial charge in [-0.1, -0.05) is 37.3 Å². The van der Waals surface area contributed by atoms with Crippen LogP contribution in [0.5, 0.6) is 0 Å². The van der Waals surface area contributed by atoms with Crippen LogP contribution >= 0.6 is 0 Å². The van der Waals surface area contributed by atoms with Gasteiger partial charge in [-0.05, 0) is 13.8 Å². The molecule has 0 radical (unpaired) electrons. The van der Waals surface area contributed by atoms with Gasteiger partial charge < -0.3 is 14.9 Å². The second-order valence-corrected chi connectivity index (χ2v) is 4.98. The molecule has 0 nitrogen and oxygen atoms in total. The summed E-state index contributed by atoms with van der Waals surface area (Å²) in [7, 11) is 0. The molecule has 1 heteroatoms. The maximum Gasteiger partial charge on any atom is 0 e. The smallest absolute Gasteiger partial charge is 0 e. The molecule has 0 spiro atoms. The Morgan fingerprint density at radius 2 is 1.61 bits per heavy atom. The molecule has 0 aliphatic rings. The molecule has 0 N–H and O–H groups in total. The predicted molar refractivity (Wildman–Crippen MR) is 80.4 cm³/mol. The maximum atomic E-state index is 2.34. The Bertz CT molecular complexity index is 478. The summed E-state index contributed by atoms with van der Waals surface area (Å²) in [5.74, 6) is 0.734. The fourth-order valence-electron chi connectivity index (χ4n) is 2.15. The summed E-state index contributed by atoms with van der Waals surface area (Å²) in [6.07, 6.45) is 1.19. The summed E-state index contributed by atoms with van der Waals surface area (Å²) in [6.45, 7) is 8.94. The molecule has 2 aromatic carbocycles. The van der Waals surface area contributed by atoms with Crippen molar-refractivity contribution in [2.24, 2.45) is 5.92 Å². The van der Waals surface area contributed by atoms with Crippen LogP contribution in [0, 0.1) is 34.6 Å². The summed E-state index contributed by atoms with van der Waals surface area (Å²) in [6, 6.07) is 9.17. The van der Waals surface area contributed by atoms with Gasteiger partial charge in [-0.15, -0.1) is 34.5 Å². The molecule has 0 bridgehead atoms. The molecule has 0 aliphatic heterocycles. The van der Waals surface area contributed by atoms with Crippen molar-refractivity contribution in [2.45, 2.75) is 34.1 Å². The van der Waals surface area contributed by atoms with Gasteiger partial charge in [0.1, 0.15) is 0 Å². The molecular formula is C17H25Hf-3. The van der Waals surface area contributed by atoms with Crippen molar-refractivity contribution in [3.63, 3.8) is 0 Å². The van der Waals surface area contributed by atoms with Gasteiger partial charge in [-0.25, -0.2) is 0 Å². The van der Waals surface area contributed by atoms with Crippen molar-refractivity contribution in [3.05, 3.63) is 55.8 Å². The van der Waals surface area contributed by atoms with E-state index in [1.165, 1.54) is 33.9 Å². The Morgan fingerprint density at radius 1 is 1.06 bits per heavy atom. The molecular weight excluding hydrogens is 383 g/mol. The van der Waals surface area contributed by atoms with E-state index in [4.69, 9.17) is 0 Å². The average molecular weight is 408 g/mol. The van der Waals surface area contributed by atoms with Crippen LogP contribution in [0.15, 0.2) is 24.3 Å². The van der Waals surface area contributed by atoms with E-state index in [0.717, 1.165) is 5.92 Å². The first-order valence-corrected chi connectivity index (χ1v) is 5.73. The summed E-state index contributed by atoms with van der Waals surface area (Å²) in [4.78, 5) is 0. The number of benzene rings is 1. The van der Waals surface area contributed by atoms with Gasteiger partial charge >= 0.3 is 0 Å². The number of hydrogen-bond acceptors (Lipinski definition) is 0. The standard InChI is InChI=1S/C15H19.2CH3.Hf/c1-10(2)7-13-5-6-14-8-11(3)12(4)9-15(13)14;;;/h5-6,8-10H,7H2,1-4H3;2*1H3;/q3*-1;. The Hall–Kier alpha value is -0.300. The average Bonchev–Trinajstić information content (AvgIpc) is 2.49. The zero-order valence-corrected chi connectivity index (χ0v) is 16.2. The van der Waals surface area contributed by atoms with Gasteiger partial charge in [-0.2, -0.15) is 6.07 Å². The Balaban J connectivity index is 0. The van der Waals surface area contributed by atoms with Gasteiger partial charge in [0.15, 0.2) is 0 Å². The van der Waals surface area contributed by atoms with E-state index in [1.807, 2.05) is 0 Å². The minimum absolute atomic E-state index is 0. The first-order valence-electron chi connectivity index (χ1n) is 5.73. The maximum absolute atomic E-state index is 2.34. The van der Waals surface area contributed by atoms with Crippen LogP contribution < -0.4 is 0 Å². The molecule has 0 saturated heterocycles. The largest absolute Gasteiger partial charge is 0.358 e. The molecule has 2 aromatic rings. The zero-order valence-electron chi connectivity index (χ0n) is 12.6. The van der Waals surface area contributed by atoms with Gasteiger partial charge in [0.2, 0.25) is 0 Å². The van der Waals surface area contributed by atoms with Crippen molar-refractivity contribution < 1.29 is 25.8 Å². The molecule has 0 heterocycles. The second-order valence-electron chi connectivity index (χ2n) is 4.98. The Kier molecular flexibility index (Phi) is 8.89. The summed E-state index contributed by atoms with van der Waals surface area (Å²) in [5, 5.41) is 2.85. The van der Waals surface area contributed by atoms with E-state index in [9.17, 15) is 0 Å². The van der Waals surface area contributed by atoms with Gasteiger partial charge in [0.05, 0.1) is 0 Å². The molecule has 0 saturated carbocycles. The second kappa shape index (κ2) is 7.99. The molecule has 0 atom stereocenters. The van der Waals surface area contributed by atoms with Crippen LogP contribution in [0.1, 0.15) is 30.5 Å². The summed E-state index contributed by atoms with van der Waals surface area (Å²) < 4.78 is 0. The molecule has 0 amide bonds. The third-order valence-electron chi connectivity index (χ3n) is 3.10. The van der Waals surface area contributed by atoms with E-state index in [1.54, 1.807) is 0 Å². The van der Waals surface area contributed by atoms with Crippen molar-refractivity contribution >= 4 is 10.8 Å². The normalized spacial score (nSPS) is 9.61. The van der Waals surface area contributed by atoms with Crippen LogP contribution in [0.2, 0.25) is 0 Å². The quantitative estimate of drug-likeness (QED) is 0.470. The van der Waals surface area contributed by atoms with Gasteiger partial charge in [0.25, 0.3) is 0 Å². The molecule has 0 aromatic heterocycles. The Labute approximate surface area is 132 Å². The van der Waals surface area contributed by atoms with Crippen molar-refractivity contribution in [1.82, 2.24) is 0 Å². The van der Waals surface area contributed by atoms with Crippen LogP contribution in [0.25, 0.3) is 10.8 Å².